The summed E-state index contributed by atoms with van der Waals surface area (Å²) >= 11 is 0. The summed E-state index contributed by atoms with van der Waals surface area (Å²) in [5.41, 5.74) is 7.96. The lowest BCUT2D eigenvalue weighted by atomic mass is 10.1. The van der Waals surface area contributed by atoms with Crippen LogP contribution in [0.4, 0.5) is 10.2 Å². The molecule has 1 aliphatic rings. The Bertz CT molecular complexity index is 866. The van der Waals surface area contributed by atoms with Crippen LogP contribution < -0.4 is 5.73 Å². The van der Waals surface area contributed by atoms with Crippen LogP contribution in [0, 0.1) is 0 Å². The fourth-order valence-electron chi connectivity index (χ4n) is 3.09. The molecule has 5 N–H and O–H groups in total. The van der Waals surface area contributed by atoms with E-state index in [0.717, 1.165) is 11.1 Å². The van der Waals surface area contributed by atoms with Crippen molar-refractivity contribution in [3.8, 4) is 11.1 Å². The van der Waals surface area contributed by atoms with E-state index in [2.05, 4.69) is 15.0 Å². The predicted octanol–water partition coefficient (Wildman–Crippen LogP) is 0.597. The Morgan fingerprint density at radius 3 is 2.92 bits per heavy atom. The fraction of sp³-hybridized carbons (Fsp3) is 0.333. The van der Waals surface area contributed by atoms with Crippen LogP contribution in [0.15, 0.2) is 31.0 Å². The van der Waals surface area contributed by atoms with Crippen molar-refractivity contribution in [3.63, 3.8) is 0 Å². The van der Waals surface area contributed by atoms with Crippen molar-refractivity contribution < 1.29 is 19.3 Å². The molecule has 4 heterocycles. The first-order valence-corrected chi connectivity index (χ1v) is 7.44. The van der Waals surface area contributed by atoms with E-state index in [1.807, 2.05) is 6.07 Å². The predicted molar refractivity (Wildman–Crippen MR) is 83.6 cm³/mol. The summed E-state index contributed by atoms with van der Waals surface area (Å²) in [5, 5.41) is 19.7. The molecule has 3 aromatic rings. The Morgan fingerprint density at radius 2 is 2.25 bits per heavy atom. The van der Waals surface area contributed by atoms with Gasteiger partial charge in [-0.1, -0.05) is 0 Å². The number of aromatic nitrogens is 4. The van der Waals surface area contributed by atoms with Gasteiger partial charge in [0.15, 0.2) is 12.4 Å². The van der Waals surface area contributed by atoms with Crippen molar-refractivity contribution >= 4 is 16.9 Å². The normalized spacial score (nSPS) is 27.1. The molecule has 9 heteroatoms. The van der Waals surface area contributed by atoms with E-state index in [1.165, 1.54) is 10.9 Å². The van der Waals surface area contributed by atoms with Gasteiger partial charge in [0.2, 0.25) is 0 Å². The van der Waals surface area contributed by atoms with Crippen LogP contribution in [0.1, 0.15) is 6.23 Å². The summed E-state index contributed by atoms with van der Waals surface area (Å²) < 4.78 is 21.5. The first kappa shape index (κ1) is 15.1. The van der Waals surface area contributed by atoms with Crippen molar-refractivity contribution in [3.05, 3.63) is 31.0 Å². The fourth-order valence-corrected chi connectivity index (χ4v) is 3.09. The Balaban J connectivity index is 1.90. The van der Waals surface area contributed by atoms with Crippen molar-refractivity contribution in [2.45, 2.75) is 24.6 Å². The van der Waals surface area contributed by atoms with E-state index in [1.54, 1.807) is 18.6 Å². The topological polar surface area (TPSA) is 122 Å². The van der Waals surface area contributed by atoms with Crippen molar-refractivity contribution in [1.29, 1.82) is 0 Å². The molecule has 8 nitrogen and oxygen atoms in total. The van der Waals surface area contributed by atoms with Gasteiger partial charge in [-0.15, -0.1) is 0 Å². The van der Waals surface area contributed by atoms with Crippen molar-refractivity contribution in [2.24, 2.45) is 0 Å². The average molecular weight is 333 g/mol. The third-order valence-electron chi connectivity index (χ3n) is 4.30. The number of hydrogen-bond acceptors (Lipinski definition) is 6. The van der Waals surface area contributed by atoms with E-state index in [9.17, 15) is 14.6 Å². The number of aliphatic hydroxyl groups is 2. The summed E-state index contributed by atoms with van der Waals surface area (Å²) in [6.45, 7) is -0.473. The summed E-state index contributed by atoms with van der Waals surface area (Å²) in [5.74, 6) is 0.266. The number of fused-ring (bicyclic) bond motifs is 1. The van der Waals surface area contributed by atoms with Crippen LogP contribution in [0.2, 0.25) is 0 Å². The second-order valence-electron chi connectivity index (χ2n) is 5.69. The number of halogens is 1. The highest BCUT2D eigenvalue weighted by Gasteiger charge is 2.45. The molecule has 4 atom stereocenters. The zero-order chi connectivity index (χ0) is 16.8. The maximum absolute atomic E-state index is 14.5. The van der Waals surface area contributed by atoms with Crippen LogP contribution in [0.25, 0.3) is 22.2 Å². The lowest BCUT2D eigenvalue weighted by Gasteiger charge is -2.15. The van der Waals surface area contributed by atoms with Gasteiger partial charge < -0.3 is 30.2 Å². The van der Waals surface area contributed by atoms with Crippen molar-refractivity contribution in [1.82, 2.24) is 19.5 Å². The lowest BCUT2D eigenvalue weighted by Crippen LogP contribution is -2.30. The molecule has 24 heavy (non-hydrogen) atoms. The van der Waals surface area contributed by atoms with Gasteiger partial charge in [-0.3, -0.25) is 0 Å². The Kier molecular flexibility index (Phi) is 3.48. The van der Waals surface area contributed by atoms with Gasteiger partial charge in [-0.05, 0) is 6.07 Å². The highest BCUT2D eigenvalue weighted by atomic mass is 19.1. The highest BCUT2D eigenvalue weighted by Crippen LogP contribution is 2.39. The Labute approximate surface area is 135 Å². The van der Waals surface area contributed by atoms with E-state index in [4.69, 9.17) is 10.5 Å². The average Bonchev–Trinajstić information content (AvgIpc) is 3.28. The Morgan fingerprint density at radius 1 is 1.42 bits per heavy atom. The SMILES string of the molecule is Nc1ncnc2c1c(-c1cc[nH]c1)cn2[C@@H]1O[C@H](CO)[C@@H](O)[C@@H]1F. The number of hydrogen-bond donors (Lipinski definition) is 4. The number of nitrogens with one attached hydrogen (secondary N) is 1. The van der Waals surface area contributed by atoms with Gasteiger partial charge in [0.05, 0.1) is 12.0 Å². The minimum Gasteiger partial charge on any atom is -0.394 e. The molecule has 4 rings (SSSR count). The van der Waals surface area contributed by atoms with Gasteiger partial charge in [-0.25, -0.2) is 14.4 Å². The number of rotatable bonds is 3. The van der Waals surface area contributed by atoms with E-state index < -0.39 is 31.2 Å². The summed E-state index contributed by atoms with van der Waals surface area (Å²) in [6.07, 6.45) is 1.28. The van der Waals surface area contributed by atoms with Crippen molar-refractivity contribution in [2.75, 3.05) is 12.3 Å². The number of aromatic amines is 1. The largest absolute Gasteiger partial charge is 0.394 e. The minimum atomic E-state index is -1.70. The molecule has 0 bridgehead atoms. The van der Waals surface area contributed by atoms with E-state index >= 15 is 0 Å². The number of nitrogens with two attached hydrogens (primary N) is 1. The Hall–Kier alpha value is -2.49. The number of aliphatic hydroxyl groups excluding tert-OH is 2. The van der Waals surface area contributed by atoms with Gasteiger partial charge in [0, 0.05) is 29.7 Å². The summed E-state index contributed by atoms with van der Waals surface area (Å²) in [6, 6.07) is 1.85. The molecule has 3 aromatic heterocycles. The second kappa shape index (κ2) is 5.55. The van der Waals surface area contributed by atoms with Crippen LogP contribution in [-0.4, -0.2) is 54.7 Å². The molecule has 0 aliphatic carbocycles. The third kappa shape index (κ3) is 2.09. The van der Waals surface area contributed by atoms with Crippen LogP contribution in [0.5, 0.6) is 0 Å². The standard InChI is InChI=1S/C15H16FN5O3/c16-11-12(23)9(5-22)24-15(11)21-4-8(7-1-2-18-3-7)10-13(17)19-6-20-14(10)21/h1-4,6,9,11-12,15,18,22-23H,5H2,(H2,17,19,20)/t9-,11+,12-,15-/m1/s1. The number of H-pyrrole nitrogens is 1. The molecule has 1 aliphatic heterocycles. The first-order valence-electron chi connectivity index (χ1n) is 7.44. The van der Waals surface area contributed by atoms with Gasteiger partial charge in [0.25, 0.3) is 0 Å². The molecule has 1 fully saturated rings. The van der Waals surface area contributed by atoms with Gasteiger partial charge in [-0.2, -0.15) is 0 Å². The van der Waals surface area contributed by atoms with E-state index in [0.29, 0.717) is 11.0 Å². The van der Waals surface area contributed by atoms with Crippen LogP contribution >= 0.6 is 0 Å². The molecule has 0 aromatic carbocycles. The zero-order valence-electron chi connectivity index (χ0n) is 12.5. The second-order valence-corrected chi connectivity index (χ2v) is 5.69. The molecule has 1 saturated heterocycles. The number of nitrogen functional groups attached to an aromatic ring is 1. The number of nitrogens with zero attached hydrogens (tertiary/aromatic N) is 3. The third-order valence-corrected chi connectivity index (χ3v) is 4.30. The van der Waals surface area contributed by atoms with Gasteiger partial charge >= 0.3 is 0 Å². The minimum absolute atomic E-state index is 0.266. The van der Waals surface area contributed by atoms with E-state index in [-0.39, 0.29) is 5.82 Å². The van der Waals surface area contributed by atoms with Crippen LogP contribution in [-0.2, 0) is 4.74 Å². The maximum Gasteiger partial charge on any atom is 0.173 e. The van der Waals surface area contributed by atoms with Gasteiger partial charge in [0.1, 0.15) is 30.0 Å². The molecule has 0 radical (unpaired) electrons. The van der Waals surface area contributed by atoms with Crippen LogP contribution in [0.3, 0.4) is 0 Å². The monoisotopic (exact) mass is 333 g/mol. The molecule has 0 unspecified atom stereocenters. The molecular weight excluding hydrogens is 317 g/mol. The lowest BCUT2D eigenvalue weighted by molar-refractivity contribution is -0.0457. The maximum atomic E-state index is 14.5. The molecular formula is C15H16FN5O3. The summed E-state index contributed by atoms with van der Waals surface area (Å²) in [7, 11) is 0. The first-order chi connectivity index (χ1) is 11.6. The number of ether oxygens (including phenoxy) is 1. The number of alkyl halides is 1. The molecule has 0 saturated carbocycles. The molecule has 126 valence electrons. The molecule has 0 spiro atoms. The summed E-state index contributed by atoms with van der Waals surface area (Å²) in [4.78, 5) is 11.2. The quantitative estimate of drug-likeness (QED) is 0.557. The molecule has 0 amide bonds. The smallest absolute Gasteiger partial charge is 0.173 e. The zero-order valence-corrected chi connectivity index (χ0v) is 12.5. The highest BCUT2D eigenvalue weighted by molar-refractivity contribution is 6.00. The number of anilines is 1.